The molecule has 2 rings (SSSR count). The molecule has 4 nitrogen and oxygen atoms in total. The number of ether oxygens (including phenoxy) is 1. The zero-order valence-electron chi connectivity index (χ0n) is 12.2. The van der Waals surface area contributed by atoms with Crippen LogP contribution in [0.15, 0.2) is 18.2 Å². The summed E-state index contributed by atoms with van der Waals surface area (Å²) >= 11 is 0. The van der Waals surface area contributed by atoms with E-state index in [1.165, 1.54) is 0 Å². The minimum atomic E-state index is -0.364. The molecule has 110 valence electrons. The summed E-state index contributed by atoms with van der Waals surface area (Å²) in [4.78, 5) is 11.8. The lowest BCUT2D eigenvalue weighted by Gasteiger charge is -2.40. The number of carbonyl (C=O) groups excluding carboxylic acids is 1. The van der Waals surface area contributed by atoms with Gasteiger partial charge in [-0.3, -0.25) is 4.79 Å². The molecule has 1 saturated carbocycles. The van der Waals surface area contributed by atoms with Gasteiger partial charge < -0.3 is 15.2 Å². The molecule has 20 heavy (non-hydrogen) atoms. The molecule has 2 N–H and O–H groups in total. The van der Waals surface area contributed by atoms with Gasteiger partial charge in [0.2, 0.25) is 5.91 Å². The van der Waals surface area contributed by atoms with Crippen LogP contribution in [0.3, 0.4) is 0 Å². The average Bonchev–Trinajstić information content (AvgIpc) is 2.32. The van der Waals surface area contributed by atoms with Gasteiger partial charge in [-0.1, -0.05) is 6.07 Å². The van der Waals surface area contributed by atoms with E-state index in [4.69, 9.17) is 4.74 Å². The normalized spacial score (nSPS) is 16.4. The van der Waals surface area contributed by atoms with E-state index in [0.717, 1.165) is 36.1 Å². The van der Waals surface area contributed by atoms with E-state index in [9.17, 15) is 9.90 Å². The van der Waals surface area contributed by atoms with E-state index < -0.39 is 0 Å². The molecule has 1 aromatic rings. The topological polar surface area (TPSA) is 58.6 Å². The van der Waals surface area contributed by atoms with Crippen molar-refractivity contribution in [2.75, 3.05) is 13.2 Å². The molecule has 1 aliphatic rings. The number of benzene rings is 1. The quantitative estimate of drug-likeness (QED) is 0.837. The average molecular weight is 277 g/mol. The zero-order valence-corrected chi connectivity index (χ0v) is 12.2. The Hall–Kier alpha value is -1.55. The molecule has 0 aromatic heterocycles. The molecule has 0 atom stereocenters. The van der Waals surface area contributed by atoms with Crippen LogP contribution in [0.4, 0.5) is 0 Å². The molecule has 1 fully saturated rings. The van der Waals surface area contributed by atoms with Gasteiger partial charge in [-0.15, -0.1) is 0 Å². The fraction of sp³-hybridized carbons (Fsp3) is 0.562. The fourth-order valence-corrected chi connectivity index (χ4v) is 2.56. The molecule has 0 spiro atoms. The summed E-state index contributed by atoms with van der Waals surface area (Å²) in [5, 5.41) is 12.2. The molecule has 0 bridgehead atoms. The summed E-state index contributed by atoms with van der Waals surface area (Å²) < 4.78 is 5.61. The summed E-state index contributed by atoms with van der Waals surface area (Å²) in [6.07, 6.45) is 3.12. The number of aliphatic hydroxyl groups excluding tert-OH is 1. The first-order chi connectivity index (χ1) is 9.53. The number of aliphatic hydroxyl groups is 1. The van der Waals surface area contributed by atoms with Crippen LogP contribution < -0.4 is 10.1 Å². The van der Waals surface area contributed by atoms with Crippen LogP contribution in [0, 0.1) is 13.8 Å². The van der Waals surface area contributed by atoms with E-state index in [1.807, 2.05) is 26.0 Å². The molecular formula is C16H23NO3. The molecule has 0 unspecified atom stereocenters. The predicted octanol–water partition coefficient (Wildman–Crippen LogP) is 2.10. The van der Waals surface area contributed by atoms with Crippen LogP contribution in [0.1, 0.15) is 36.8 Å². The van der Waals surface area contributed by atoms with Gasteiger partial charge in [0.15, 0.2) is 0 Å². The summed E-state index contributed by atoms with van der Waals surface area (Å²) in [5.41, 5.74) is 1.94. The van der Waals surface area contributed by atoms with Crippen molar-refractivity contribution in [3.8, 4) is 5.75 Å². The van der Waals surface area contributed by atoms with Gasteiger partial charge in [-0.2, -0.15) is 0 Å². The Morgan fingerprint density at radius 1 is 1.30 bits per heavy atom. The third-order valence-electron chi connectivity index (χ3n) is 3.81. The highest BCUT2D eigenvalue weighted by Crippen LogP contribution is 2.31. The third-order valence-corrected chi connectivity index (χ3v) is 3.81. The lowest BCUT2D eigenvalue weighted by atomic mass is 9.77. The van der Waals surface area contributed by atoms with Crippen molar-refractivity contribution in [2.24, 2.45) is 0 Å². The van der Waals surface area contributed by atoms with E-state index in [2.05, 4.69) is 11.4 Å². The Labute approximate surface area is 120 Å². The second kappa shape index (κ2) is 6.27. The number of nitrogens with one attached hydrogen (secondary N) is 1. The first-order valence-corrected chi connectivity index (χ1v) is 7.16. The standard InChI is InChI=1S/C16H23NO3/c1-12-8-13(2)10-14(9-12)20-7-4-15(19)17-16(11-18)5-3-6-16/h8-10,18H,3-7,11H2,1-2H3,(H,17,19). The molecule has 0 aliphatic heterocycles. The Morgan fingerprint density at radius 3 is 2.45 bits per heavy atom. The Balaban J connectivity index is 1.76. The molecule has 0 heterocycles. The van der Waals surface area contributed by atoms with E-state index in [-0.39, 0.29) is 18.1 Å². The largest absolute Gasteiger partial charge is 0.493 e. The Bertz CT molecular complexity index is 455. The highest BCUT2D eigenvalue weighted by molar-refractivity contribution is 5.77. The molecule has 1 aliphatic carbocycles. The van der Waals surface area contributed by atoms with Crippen molar-refractivity contribution in [3.63, 3.8) is 0 Å². The molecule has 1 amide bonds. The molecule has 1 aromatic carbocycles. The summed E-state index contributed by atoms with van der Waals surface area (Å²) in [6.45, 7) is 4.43. The lowest BCUT2D eigenvalue weighted by molar-refractivity contribution is -0.125. The van der Waals surface area contributed by atoms with Crippen LogP contribution in [0.25, 0.3) is 0 Å². The van der Waals surface area contributed by atoms with Crippen molar-refractivity contribution in [2.45, 2.75) is 45.1 Å². The maximum atomic E-state index is 11.8. The van der Waals surface area contributed by atoms with Gasteiger partial charge >= 0.3 is 0 Å². The van der Waals surface area contributed by atoms with Crippen molar-refractivity contribution >= 4 is 5.91 Å². The third kappa shape index (κ3) is 3.73. The Morgan fingerprint density at radius 2 is 1.95 bits per heavy atom. The van der Waals surface area contributed by atoms with Gasteiger partial charge in [-0.25, -0.2) is 0 Å². The number of aryl methyl sites for hydroxylation is 2. The zero-order chi connectivity index (χ0) is 14.6. The van der Waals surface area contributed by atoms with E-state index in [0.29, 0.717) is 13.0 Å². The van der Waals surface area contributed by atoms with Gasteiger partial charge in [0.05, 0.1) is 25.2 Å². The SMILES string of the molecule is Cc1cc(C)cc(OCCC(=O)NC2(CO)CCC2)c1. The van der Waals surface area contributed by atoms with Gasteiger partial charge in [0.1, 0.15) is 5.75 Å². The van der Waals surface area contributed by atoms with Crippen LogP contribution in [0.2, 0.25) is 0 Å². The smallest absolute Gasteiger partial charge is 0.223 e. The maximum Gasteiger partial charge on any atom is 0.223 e. The van der Waals surface area contributed by atoms with Gasteiger partial charge in [0.25, 0.3) is 0 Å². The molecule has 0 saturated heterocycles. The first kappa shape index (κ1) is 14.9. The summed E-state index contributed by atoms with van der Waals surface area (Å²) in [6, 6.07) is 6.01. The van der Waals surface area contributed by atoms with Crippen LogP contribution in [-0.2, 0) is 4.79 Å². The molecular weight excluding hydrogens is 254 g/mol. The van der Waals surface area contributed by atoms with Crippen molar-refractivity contribution in [3.05, 3.63) is 29.3 Å². The summed E-state index contributed by atoms with van der Waals surface area (Å²) in [5.74, 6) is 0.749. The number of carbonyl (C=O) groups is 1. The van der Waals surface area contributed by atoms with Crippen LogP contribution >= 0.6 is 0 Å². The lowest BCUT2D eigenvalue weighted by Crippen LogP contribution is -2.56. The van der Waals surface area contributed by atoms with Crippen LogP contribution in [-0.4, -0.2) is 29.8 Å². The van der Waals surface area contributed by atoms with Crippen molar-refractivity contribution < 1.29 is 14.6 Å². The van der Waals surface area contributed by atoms with E-state index >= 15 is 0 Å². The molecule has 4 heteroatoms. The second-order valence-corrected chi connectivity index (χ2v) is 5.76. The van der Waals surface area contributed by atoms with Crippen molar-refractivity contribution in [1.29, 1.82) is 0 Å². The first-order valence-electron chi connectivity index (χ1n) is 7.16. The second-order valence-electron chi connectivity index (χ2n) is 5.76. The van der Waals surface area contributed by atoms with Crippen LogP contribution in [0.5, 0.6) is 5.75 Å². The Kier molecular flexibility index (Phi) is 4.65. The number of rotatable bonds is 6. The van der Waals surface area contributed by atoms with Gasteiger partial charge in [-0.05, 0) is 56.4 Å². The fourth-order valence-electron chi connectivity index (χ4n) is 2.56. The predicted molar refractivity (Wildman–Crippen MR) is 77.8 cm³/mol. The minimum Gasteiger partial charge on any atom is -0.493 e. The molecule has 0 radical (unpaired) electrons. The highest BCUT2D eigenvalue weighted by atomic mass is 16.5. The summed E-state index contributed by atoms with van der Waals surface area (Å²) in [7, 11) is 0. The number of amides is 1. The van der Waals surface area contributed by atoms with E-state index in [1.54, 1.807) is 0 Å². The number of hydrogen-bond acceptors (Lipinski definition) is 3. The van der Waals surface area contributed by atoms with Crippen molar-refractivity contribution in [1.82, 2.24) is 5.32 Å². The van der Waals surface area contributed by atoms with Gasteiger partial charge in [0, 0.05) is 0 Å². The monoisotopic (exact) mass is 277 g/mol. The number of hydrogen-bond donors (Lipinski definition) is 2. The highest BCUT2D eigenvalue weighted by Gasteiger charge is 2.37. The minimum absolute atomic E-state index is 0.0245. The maximum absolute atomic E-state index is 11.8.